The second-order valence-electron chi connectivity index (χ2n) is 6.17. The first-order chi connectivity index (χ1) is 13.4. The molecule has 0 atom stereocenters. The van der Waals surface area contributed by atoms with E-state index in [4.69, 9.17) is 0 Å². The monoisotopic (exact) mass is 382 g/mol. The fourth-order valence-corrected chi connectivity index (χ4v) is 2.37. The van der Waals surface area contributed by atoms with E-state index < -0.39 is 10.8 Å². The average molecular weight is 382 g/mol. The normalized spacial score (nSPS) is 11.0. The van der Waals surface area contributed by atoms with Gasteiger partial charge < -0.3 is 5.32 Å². The molecule has 2 N–H and O–H groups in total. The van der Waals surface area contributed by atoms with Gasteiger partial charge in [-0.1, -0.05) is 25.5 Å². The lowest BCUT2D eigenvalue weighted by Gasteiger charge is -2.06. The predicted octanol–water partition coefficient (Wildman–Crippen LogP) is 3.88. The van der Waals surface area contributed by atoms with Crippen LogP contribution in [-0.2, 0) is 4.79 Å². The van der Waals surface area contributed by atoms with Gasteiger partial charge in [-0.25, -0.2) is 5.43 Å². The van der Waals surface area contributed by atoms with Crippen LogP contribution in [0.2, 0.25) is 0 Å². The van der Waals surface area contributed by atoms with Gasteiger partial charge in [0.15, 0.2) is 0 Å². The van der Waals surface area contributed by atoms with E-state index in [1.165, 1.54) is 12.1 Å². The largest absolute Gasteiger partial charge is 0.326 e. The summed E-state index contributed by atoms with van der Waals surface area (Å²) in [5.41, 5.74) is 4.36. The highest BCUT2D eigenvalue weighted by Crippen LogP contribution is 2.14. The zero-order valence-corrected chi connectivity index (χ0v) is 15.8. The molecule has 0 spiro atoms. The molecule has 28 heavy (non-hydrogen) atoms. The number of benzene rings is 2. The standard InChI is InChI=1S/C20H22N4O4/c1-3-4-8-19(25)21-17-11-9-15(10-12-17)20(26)23-22-14(2)16-6-5-7-18(13-16)24(27)28/h5-7,9-13H,3-4,8H2,1-2H3,(H,21,25)(H,23,26)/b22-14+. The van der Waals surface area contributed by atoms with Crippen LogP contribution in [0.4, 0.5) is 11.4 Å². The summed E-state index contributed by atoms with van der Waals surface area (Å²) in [7, 11) is 0. The Kier molecular flexibility index (Phi) is 7.38. The summed E-state index contributed by atoms with van der Waals surface area (Å²) in [6, 6.07) is 12.5. The maximum absolute atomic E-state index is 12.2. The van der Waals surface area contributed by atoms with Crippen LogP contribution in [0.3, 0.4) is 0 Å². The molecule has 146 valence electrons. The van der Waals surface area contributed by atoms with Gasteiger partial charge in [0.1, 0.15) is 0 Å². The van der Waals surface area contributed by atoms with Crippen molar-refractivity contribution >= 4 is 28.9 Å². The van der Waals surface area contributed by atoms with Crippen LogP contribution in [-0.4, -0.2) is 22.4 Å². The molecule has 2 rings (SSSR count). The van der Waals surface area contributed by atoms with Crippen molar-refractivity contribution in [1.82, 2.24) is 5.43 Å². The Labute approximate surface area is 162 Å². The first-order valence-electron chi connectivity index (χ1n) is 8.90. The second-order valence-corrected chi connectivity index (χ2v) is 6.17. The molecule has 0 bridgehead atoms. The number of non-ortho nitro benzene ring substituents is 1. The summed E-state index contributed by atoms with van der Waals surface area (Å²) >= 11 is 0. The summed E-state index contributed by atoms with van der Waals surface area (Å²) in [5.74, 6) is -0.482. The number of hydrogen-bond acceptors (Lipinski definition) is 5. The minimum atomic E-state index is -0.488. The van der Waals surface area contributed by atoms with E-state index in [1.807, 2.05) is 6.92 Å². The molecule has 2 amide bonds. The molecule has 8 heteroatoms. The number of carbonyl (C=O) groups excluding carboxylic acids is 2. The molecular formula is C20H22N4O4. The lowest BCUT2D eigenvalue weighted by molar-refractivity contribution is -0.384. The van der Waals surface area contributed by atoms with Crippen molar-refractivity contribution in [2.75, 3.05) is 5.32 Å². The first kappa shape index (κ1) is 20.8. The average Bonchev–Trinajstić information content (AvgIpc) is 2.70. The summed E-state index contributed by atoms with van der Waals surface area (Å²) in [5, 5.41) is 17.6. The van der Waals surface area contributed by atoms with E-state index in [2.05, 4.69) is 15.8 Å². The molecule has 0 heterocycles. The summed E-state index contributed by atoms with van der Waals surface area (Å²) in [6.45, 7) is 3.66. The van der Waals surface area contributed by atoms with Crippen molar-refractivity contribution in [1.29, 1.82) is 0 Å². The van der Waals surface area contributed by atoms with Crippen molar-refractivity contribution < 1.29 is 14.5 Å². The third-order valence-electron chi connectivity index (χ3n) is 3.99. The Balaban J connectivity index is 1.98. The van der Waals surface area contributed by atoms with Gasteiger partial charge in [0.05, 0.1) is 10.6 Å². The highest BCUT2D eigenvalue weighted by atomic mass is 16.6. The van der Waals surface area contributed by atoms with Gasteiger partial charge in [-0.05, 0) is 37.6 Å². The number of anilines is 1. The Morgan fingerprint density at radius 2 is 1.82 bits per heavy atom. The summed E-state index contributed by atoms with van der Waals surface area (Å²) in [6.07, 6.45) is 2.24. The van der Waals surface area contributed by atoms with E-state index in [-0.39, 0.29) is 11.6 Å². The third kappa shape index (κ3) is 6.01. The summed E-state index contributed by atoms with van der Waals surface area (Å²) in [4.78, 5) is 34.3. The highest BCUT2D eigenvalue weighted by Gasteiger charge is 2.09. The molecule has 0 aliphatic heterocycles. The van der Waals surface area contributed by atoms with Crippen LogP contribution < -0.4 is 10.7 Å². The first-order valence-corrected chi connectivity index (χ1v) is 8.90. The lowest BCUT2D eigenvalue weighted by Crippen LogP contribution is -2.19. The zero-order valence-electron chi connectivity index (χ0n) is 15.8. The van der Waals surface area contributed by atoms with Crippen molar-refractivity contribution in [2.45, 2.75) is 33.1 Å². The number of nitro groups is 1. The number of nitrogens with zero attached hydrogens (tertiary/aromatic N) is 2. The molecular weight excluding hydrogens is 360 g/mol. The Morgan fingerprint density at radius 1 is 1.11 bits per heavy atom. The van der Waals surface area contributed by atoms with Crippen molar-refractivity contribution in [2.24, 2.45) is 5.10 Å². The molecule has 2 aromatic rings. The molecule has 0 radical (unpaired) electrons. The molecule has 0 unspecified atom stereocenters. The van der Waals surface area contributed by atoms with Gasteiger partial charge in [0, 0.05) is 35.4 Å². The van der Waals surface area contributed by atoms with Crippen molar-refractivity contribution in [3.63, 3.8) is 0 Å². The Bertz CT molecular complexity index is 891. The molecule has 0 aromatic heterocycles. The van der Waals surface area contributed by atoms with E-state index >= 15 is 0 Å². The number of amides is 2. The molecule has 0 aliphatic carbocycles. The van der Waals surface area contributed by atoms with Crippen LogP contribution in [0, 0.1) is 10.1 Å². The number of hydrazone groups is 1. The third-order valence-corrected chi connectivity index (χ3v) is 3.99. The Hall–Kier alpha value is -3.55. The Morgan fingerprint density at radius 3 is 2.46 bits per heavy atom. The summed E-state index contributed by atoms with van der Waals surface area (Å²) < 4.78 is 0. The minimum Gasteiger partial charge on any atom is -0.326 e. The molecule has 0 aliphatic rings. The zero-order chi connectivity index (χ0) is 20.5. The fraction of sp³-hybridized carbons (Fsp3) is 0.250. The number of hydrogen-bond donors (Lipinski definition) is 2. The van der Waals surface area contributed by atoms with Gasteiger partial charge in [-0.3, -0.25) is 19.7 Å². The smallest absolute Gasteiger partial charge is 0.271 e. The van der Waals surface area contributed by atoms with Crippen LogP contribution >= 0.6 is 0 Å². The highest BCUT2D eigenvalue weighted by molar-refractivity contribution is 6.01. The molecule has 8 nitrogen and oxygen atoms in total. The number of nitro benzene ring substituents is 1. The van der Waals surface area contributed by atoms with Gasteiger partial charge in [-0.15, -0.1) is 0 Å². The van der Waals surface area contributed by atoms with E-state index in [9.17, 15) is 19.7 Å². The predicted molar refractivity (Wildman–Crippen MR) is 107 cm³/mol. The van der Waals surface area contributed by atoms with E-state index in [0.717, 1.165) is 12.8 Å². The van der Waals surface area contributed by atoms with Gasteiger partial charge in [0.25, 0.3) is 11.6 Å². The fourth-order valence-electron chi connectivity index (χ4n) is 2.37. The molecule has 0 fully saturated rings. The van der Waals surface area contributed by atoms with Crippen molar-refractivity contribution in [3.05, 3.63) is 69.8 Å². The molecule has 0 saturated carbocycles. The second kappa shape index (κ2) is 9.96. The van der Waals surface area contributed by atoms with E-state index in [0.29, 0.717) is 28.9 Å². The number of unbranched alkanes of at least 4 members (excludes halogenated alkanes) is 1. The number of carbonyl (C=O) groups is 2. The van der Waals surface area contributed by atoms with E-state index in [1.54, 1.807) is 43.3 Å². The number of rotatable bonds is 8. The van der Waals surface area contributed by atoms with Crippen LogP contribution in [0.5, 0.6) is 0 Å². The number of nitrogens with one attached hydrogen (secondary N) is 2. The van der Waals surface area contributed by atoms with Crippen molar-refractivity contribution in [3.8, 4) is 0 Å². The molecule has 0 saturated heterocycles. The lowest BCUT2D eigenvalue weighted by atomic mass is 10.1. The molecule has 2 aromatic carbocycles. The minimum absolute atomic E-state index is 0.0463. The maximum Gasteiger partial charge on any atom is 0.271 e. The van der Waals surface area contributed by atoms with Gasteiger partial charge in [-0.2, -0.15) is 5.10 Å². The van der Waals surface area contributed by atoms with Crippen LogP contribution in [0.15, 0.2) is 53.6 Å². The maximum atomic E-state index is 12.2. The van der Waals surface area contributed by atoms with Gasteiger partial charge >= 0.3 is 0 Å². The SMILES string of the molecule is CCCCC(=O)Nc1ccc(C(=O)N/N=C(\C)c2cccc([N+](=O)[O-])c2)cc1. The topological polar surface area (TPSA) is 114 Å². The van der Waals surface area contributed by atoms with Crippen LogP contribution in [0.1, 0.15) is 49.0 Å². The van der Waals surface area contributed by atoms with Gasteiger partial charge in [0.2, 0.25) is 5.91 Å². The van der Waals surface area contributed by atoms with Crippen LogP contribution in [0.25, 0.3) is 0 Å². The quantitative estimate of drug-likeness (QED) is 0.410.